The third-order valence-electron chi connectivity index (χ3n) is 3.49. The fraction of sp³-hybridized carbons (Fsp3) is 0.500. The number of sulfonamides is 1. The van der Waals surface area contributed by atoms with Gasteiger partial charge >= 0.3 is 0 Å². The van der Waals surface area contributed by atoms with E-state index in [1.165, 1.54) is 16.4 Å². The Balaban J connectivity index is 2.51. The van der Waals surface area contributed by atoms with Gasteiger partial charge in [0, 0.05) is 23.3 Å². The molecular weight excluding hydrogens is 288 g/mol. The van der Waals surface area contributed by atoms with Gasteiger partial charge in [-0.1, -0.05) is 11.6 Å². The lowest BCUT2D eigenvalue weighted by atomic mass is 10.2. The van der Waals surface area contributed by atoms with Crippen LogP contribution in [0.25, 0.3) is 0 Å². The van der Waals surface area contributed by atoms with Crippen LogP contribution in [-0.4, -0.2) is 37.0 Å². The molecule has 2 rings (SSSR count). The van der Waals surface area contributed by atoms with Gasteiger partial charge in [0.05, 0.1) is 11.5 Å². The van der Waals surface area contributed by atoms with Crippen molar-refractivity contribution in [1.29, 1.82) is 0 Å². The summed E-state index contributed by atoms with van der Waals surface area (Å²) in [5, 5.41) is 9.56. The molecule has 1 fully saturated rings. The Hall–Kier alpha value is -0.820. The molecule has 5 nitrogen and oxygen atoms in total. The monoisotopic (exact) mass is 304 g/mol. The first-order valence-corrected chi connectivity index (χ1v) is 7.88. The molecule has 1 aromatic rings. The Morgan fingerprint density at radius 3 is 2.84 bits per heavy atom. The van der Waals surface area contributed by atoms with Crippen LogP contribution in [0.2, 0.25) is 5.02 Å². The van der Waals surface area contributed by atoms with Crippen LogP contribution in [0.4, 0.5) is 5.69 Å². The van der Waals surface area contributed by atoms with Crippen molar-refractivity contribution in [2.75, 3.05) is 18.9 Å². The summed E-state index contributed by atoms with van der Waals surface area (Å²) < 4.78 is 26.6. The van der Waals surface area contributed by atoms with Gasteiger partial charge in [-0.2, -0.15) is 4.31 Å². The number of nitrogens with two attached hydrogens (primary N) is 1. The summed E-state index contributed by atoms with van der Waals surface area (Å²) in [6.45, 7) is 1.90. The van der Waals surface area contributed by atoms with Crippen LogP contribution in [0.1, 0.15) is 18.4 Å². The quantitative estimate of drug-likeness (QED) is 0.826. The molecule has 0 aromatic heterocycles. The van der Waals surface area contributed by atoms with E-state index in [0.29, 0.717) is 29.2 Å². The predicted molar refractivity (Wildman–Crippen MR) is 74.6 cm³/mol. The number of aliphatic hydroxyl groups excluding tert-OH is 1. The van der Waals surface area contributed by atoms with Crippen LogP contribution in [0.5, 0.6) is 0 Å². The minimum absolute atomic E-state index is 0.123. The molecule has 7 heteroatoms. The summed E-state index contributed by atoms with van der Waals surface area (Å²) in [5.74, 6) is 0. The van der Waals surface area contributed by atoms with Crippen LogP contribution in [-0.2, 0) is 10.0 Å². The van der Waals surface area contributed by atoms with Crippen LogP contribution in [0, 0.1) is 6.92 Å². The van der Waals surface area contributed by atoms with Crippen molar-refractivity contribution in [2.45, 2.75) is 30.7 Å². The standard InChI is InChI=1S/C12H17ClN2O3S/c1-8-11(14)5-9(13)6-12(8)19(17,18)15-4-2-3-10(15)7-16/h5-6,10,16H,2-4,7,14H2,1H3/t10-/m0/s1. The number of hydrogen-bond donors (Lipinski definition) is 2. The lowest BCUT2D eigenvalue weighted by Crippen LogP contribution is -2.37. The first-order valence-electron chi connectivity index (χ1n) is 6.06. The van der Waals surface area contributed by atoms with Gasteiger partial charge < -0.3 is 10.8 Å². The van der Waals surface area contributed by atoms with Gasteiger partial charge in [-0.15, -0.1) is 0 Å². The van der Waals surface area contributed by atoms with Gasteiger partial charge in [0.25, 0.3) is 0 Å². The van der Waals surface area contributed by atoms with Gasteiger partial charge in [0.15, 0.2) is 0 Å². The Bertz CT molecular complexity index is 589. The van der Waals surface area contributed by atoms with Crippen LogP contribution in [0.15, 0.2) is 17.0 Å². The molecule has 0 saturated carbocycles. The van der Waals surface area contributed by atoms with E-state index in [4.69, 9.17) is 17.3 Å². The van der Waals surface area contributed by atoms with E-state index >= 15 is 0 Å². The van der Waals surface area contributed by atoms with Crippen molar-refractivity contribution in [2.24, 2.45) is 0 Å². The van der Waals surface area contributed by atoms with Gasteiger partial charge in [-0.25, -0.2) is 8.42 Å². The van der Waals surface area contributed by atoms with Gasteiger partial charge in [0.1, 0.15) is 0 Å². The van der Waals surface area contributed by atoms with Crippen LogP contribution in [0.3, 0.4) is 0 Å². The maximum atomic E-state index is 12.6. The first-order chi connectivity index (χ1) is 8.87. The van der Waals surface area contributed by atoms with Crippen molar-refractivity contribution in [3.05, 3.63) is 22.7 Å². The van der Waals surface area contributed by atoms with E-state index in [1.54, 1.807) is 6.92 Å². The highest BCUT2D eigenvalue weighted by Gasteiger charge is 2.36. The number of nitrogen functional groups attached to an aromatic ring is 1. The number of anilines is 1. The SMILES string of the molecule is Cc1c(N)cc(Cl)cc1S(=O)(=O)N1CCC[C@H]1CO. The zero-order valence-electron chi connectivity index (χ0n) is 10.6. The maximum Gasteiger partial charge on any atom is 0.243 e. The number of nitrogens with zero attached hydrogens (tertiary/aromatic N) is 1. The highest BCUT2D eigenvalue weighted by Crippen LogP contribution is 2.31. The lowest BCUT2D eigenvalue weighted by Gasteiger charge is -2.23. The average molecular weight is 305 g/mol. The molecule has 0 radical (unpaired) electrons. The number of halogens is 1. The molecule has 19 heavy (non-hydrogen) atoms. The van der Waals surface area contributed by atoms with E-state index in [1.807, 2.05) is 0 Å². The number of hydrogen-bond acceptors (Lipinski definition) is 4. The molecule has 0 aliphatic carbocycles. The topological polar surface area (TPSA) is 83.6 Å². The molecule has 106 valence electrons. The molecule has 1 atom stereocenters. The maximum absolute atomic E-state index is 12.6. The molecule has 3 N–H and O–H groups in total. The van der Waals surface area contributed by atoms with E-state index in [9.17, 15) is 13.5 Å². The summed E-state index contributed by atoms with van der Waals surface area (Å²) >= 11 is 5.89. The second kappa shape index (κ2) is 5.28. The van der Waals surface area contributed by atoms with Crippen molar-refractivity contribution in [1.82, 2.24) is 4.31 Å². The summed E-state index contributed by atoms with van der Waals surface area (Å²) in [6, 6.07) is 2.59. The third-order valence-corrected chi connectivity index (χ3v) is 5.78. The average Bonchev–Trinajstić information content (AvgIpc) is 2.82. The highest BCUT2D eigenvalue weighted by atomic mass is 35.5. The van der Waals surface area contributed by atoms with Crippen LogP contribution < -0.4 is 5.73 Å². The number of benzene rings is 1. The van der Waals surface area contributed by atoms with Crippen molar-refractivity contribution in [3.63, 3.8) is 0 Å². The van der Waals surface area contributed by atoms with E-state index in [0.717, 1.165) is 6.42 Å². The Morgan fingerprint density at radius 1 is 1.53 bits per heavy atom. The molecule has 0 spiro atoms. The summed E-state index contributed by atoms with van der Waals surface area (Å²) in [6.07, 6.45) is 1.42. The summed E-state index contributed by atoms with van der Waals surface area (Å²) in [5.41, 5.74) is 6.61. The first kappa shape index (κ1) is 14.6. The molecule has 1 aliphatic heterocycles. The third kappa shape index (κ3) is 2.58. The van der Waals surface area contributed by atoms with Gasteiger partial charge in [0.2, 0.25) is 10.0 Å². The van der Waals surface area contributed by atoms with Gasteiger partial charge in [-0.3, -0.25) is 0 Å². The largest absolute Gasteiger partial charge is 0.398 e. The normalized spacial score (nSPS) is 20.9. The zero-order chi connectivity index (χ0) is 14.2. The highest BCUT2D eigenvalue weighted by molar-refractivity contribution is 7.89. The molecule has 1 aromatic carbocycles. The molecule has 0 bridgehead atoms. The Morgan fingerprint density at radius 2 is 2.21 bits per heavy atom. The van der Waals surface area contributed by atoms with Crippen molar-refractivity contribution >= 4 is 27.3 Å². The molecule has 0 amide bonds. The lowest BCUT2D eigenvalue weighted by molar-refractivity contribution is 0.213. The predicted octanol–water partition coefficient (Wildman–Crippen LogP) is 1.38. The van der Waals surface area contributed by atoms with Crippen LogP contribution >= 0.6 is 11.6 Å². The fourth-order valence-electron chi connectivity index (χ4n) is 2.38. The molecule has 1 heterocycles. The minimum Gasteiger partial charge on any atom is -0.398 e. The van der Waals surface area contributed by atoms with E-state index in [2.05, 4.69) is 0 Å². The Labute approximate surface area is 118 Å². The summed E-state index contributed by atoms with van der Waals surface area (Å²) in [7, 11) is -3.67. The van der Waals surface area contributed by atoms with Crippen molar-refractivity contribution in [3.8, 4) is 0 Å². The second-order valence-electron chi connectivity index (χ2n) is 4.71. The van der Waals surface area contributed by atoms with E-state index < -0.39 is 10.0 Å². The van der Waals surface area contributed by atoms with Gasteiger partial charge in [-0.05, 0) is 37.5 Å². The molecule has 0 unspecified atom stereocenters. The number of aliphatic hydroxyl groups is 1. The zero-order valence-corrected chi connectivity index (χ0v) is 12.2. The fourth-order valence-corrected chi connectivity index (χ4v) is 4.64. The van der Waals surface area contributed by atoms with Crippen molar-refractivity contribution < 1.29 is 13.5 Å². The minimum atomic E-state index is -3.67. The Kier molecular flexibility index (Phi) is 4.06. The molecule has 1 saturated heterocycles. The smallest absolute Gasteiger partial charge is 0.243 e. The molecule has 1 aliphatic rings. The summed E-state index contributed by atoms with van der Waals surface area (Å²) in [4.78, 5) is 0.123. The number of rotatable bonds is 3. The molecular formula is C12H17ClN2O3S. The second-order valence-corrected chi connectivity index (χ2v) is 7.01. The van der Waals surface area contributed by atoms with E-state index in [-0.39, 0.29) is 17.5 Å².